The van der Waals surface area contributed by atoms with Gasteiger partial charge in [0.2, 0.25) is 0 Å². The van der Waals surface area contributed by atoms with Crippen molar-refractivity contribution in [2.24, 2.45) is 5.92 Å². The Morgan fingerprint density at radius 1 is 1.26 bits per heavy atom. The van der Waals surface area contributed by atoms with Gasteiger partial charge in [-0.05, 0) is 49.9 Å². The van der Waals surface area contributed by atoms with E-state index in [0.717, 1.165) is 19.4 Å². The lowest BCUT2D eigenvalue weighted by molar-refractivity contribution is 0.258. The zero-order valence-corrected chi connectivity index (χ0v) is 11.8. The van der Waals surface area contributed by atoms with Crippen molar-refractivity contribution in [3.63, 3.8) is 0 Å². The average Bonchev–Trinajstić information content (AvgIpc) is 2.32. The topological polar surface area (TPSA) is 12.0 Å². The Labute approximate surface area is 114 Å². The summed E-state index contributed by atoms with van der Waals surface area (Å²) in [5.41, 5.74) is 0.864. The predicted octanol–water partition coefficient (Wildman–Crippen LogP) is 4.50. The van der Waals surface area contributed by atoms with Gasteiger partial charge in [-0.1, -0.05) is 26.2 Å². The van der Waals surface area contributed by atoms with Crippen LogP contribution in [0.3, 0.4) is 0 Å². The van der Waals surface area contributed by atoms with E-state index in [9.17, 15) is 8.78 Å². The van der Waals surface area contributed by atoms with Crippen LogP contribution in [0.5, 0.6) is 0 Å². The standard InChI is InChI=1S/C16H23F2N/c1-3-7-19-16(9-12-5-4-6-12)13-10-14(17)11(2)8-15(13)18/h8,10,12,16,19H,3-7,9H2,1-2H3. The summed E-state index contributed by atoms with van der Waals surface area (Å²) in [5.74, 6) is 0.0678. The highest BCUT2D eigenvalue weighted by Gasteiger charge is 2.25. The molecule has 0 spiro atoms. The molecule has 1 N–H and O–H groups in total. The summed E-state index contributed by atoms with van der Waals surface area (Å²) >= 11 is 0. The van der Waals surface area contributed by atoms with E-state index < -0.39 is 0 Å². The Morgan fingerprint density at radius 3 is 2.58 bits per heavy atom. The molecule has 0 aromatic heterocycles. The van der Waals surface area contributed by atoms with Gasteiger partial charge in [0, 0.05) is 11.6 Å². The van der Waals surface area contributed by atoms with Crippen LogP contribution in [0.15, 0.2) is 12.1 Å². The molecule has 1 aliphatic carbocycles. The first-order valence-electron chi connectivity index (χ1n) is 7.30. The molecule has 1 saturated carbocycles. The van der Waals surface area contributed by atoms with Crippen molar-refractivity contribution in [3.05, 3.63) is 34.9 Å². The summed E-state index contributed by atoms with van der Waals surface area (Å²) in [6.45, 7) is 4.52. The number of hydrogen-bond donors (Lipinski definition) is 1. The van der Waals surface area contributed by atoms with Crippen LogP contribution < -0.4 is 5.32 Å². The second-order valence-corrected chi connectivity index (χ2v) is 5.66. The molecular weight excluding hydrogens is 244 g/mol. The first-order valence-corrected chi connectivity index (χ1v) is 7.30. The van der Waals surface area contributed by atoms with Crippen LogP contribution in [0, 0.1) is 24.5 Å². The summed E-state index contributed by atoms with van der Waals surface area (Å²) < 4.78 is 27.8. The zero-order chi connectivity index (χ0) is 13.8. The molecule has 1 aromatic rings. The van der Waals surface area contributed by atoms with Gasteiger partial charge in [0.15, 0.2) is 0 Å². The molecule has 3 heteroatoms. The number of benzene rings is 1. The number of aryl methyl sites for hydroxylation is 1. The molecule has 0 heterocycles. The minimum Gasteiger partial charge on any atom is -0.310 e. The first kappa shape index (κ1) is 14.4. The SMILES string of the molecule is CCCNC(CC1CCC1)c1cc(F)c(C)cc1F. The van der Waals surface area contributed by atoms with Gasteiger partial charge in [-0.3, -0.25) is 0 Å². The van der Waals surface area contributed by atoms with Crippen molar-refractivity contribution in [3.8, 4) is 0 Å². The van der Waals surface area contributed by atoms with Gasteiger partial charge in [0.1, 0.15) is 11.6 Å². The summed E-state index contributed by atoms with van der Waals surface area (Å²) in [6, 6.07) is 2.63. The van der Waals surface area contributed by atoms with Crippen molar-refractivity contribution in [1.82, 2.24) is 5.32 Å². The number of nitrogens with one attached hydrogen (secondary N) is 1. The van der Waals surface area contributed by atoms with Gasteiger partial charge >= 0.3 is 0 Å². The fourth-order valence-electron chi connectivity index (χ4n) is 2.63. The molecule has 1 aromatic carbocycles. The van der Waals surface area contributed by atoms with Gasteiger partial charge < -0.3 is 5.32 Å². The minimum atomic E-state index is -0.312. The molecule has 19 heavy (non-hydrogen) atoms. The highest BCUT2D eigenvalue weighted by atomic mass is 19.1. The molecule has 0 aliphatic heterocycles. The lowest BCUT2D eigenvalue weighted by Crippen LogP contribution is -2.27. The monoisotopic (exact) mass is 267 g/mol. The molecule has 1 nitrogen and oxygen atoms in total. The molecule has 0 amide bonds. The molecule has 1 atom stereocenters. The Kier molecular flexibility index (Phi) is 4.92. The highest BCUT2D eigenvalue weighted by molar-refractivity contribution is 5.28. The third-order valence-corrected chi connectivity index (χ3v) is 4.09. The molecule has 0 bridgehead atoms. The second kappa shape index (κ2) is 6.47. The molecule has 0 saturated heterocycles. The number of hydrogen-bond acceptors (Lipinski definition) is 1. The van der Waals surface area contributed by atoms with Crippen LogP contribution >= 0.6 is 0 Å². The van der Waals surface area contributed by atoms with Crippen LogP contribution in [-0.2, 0) is 0 Å². The van der Waals surface area contributed by atoms with Crippen molar-refractivity contribution < 1.29 is 8.78 Å². The summed E-state index contributed by atoms with van der Waals surface area (Å²) in [4.78, 5) is 0. The second-order valence-electron chi connectivity index (χ2n) is 5.66. The van der Waals surface area contributed by atoms with Crippen LogP contribution in [0.4, 0.5) is 8.78 Å². The van der Waals surface area contributed by atoms with Crippen LogP contribution in [-0.4, -0.2) is 6.54 Å². The van der Waals surface area contributed by atoms with E-state index in [4.69, 9.17) is 0 Å². The van der Waals surface area contributed by atoms with E-state index in [1.165, 1.54) is 31.4 Å². The Bertz CT molecular complexity index is 427. The lowest BCUT2D eigenvalue weighted by atomic mass is 9.79. The maximum atomic E-state index is 14.1. The molecule has 106 valence electrons. The summed E-state index contributed by atoms with van der Waals surface area (Å²) in [6.07, 6.45) is 5.63. The van der Waals surface area contributed by atoms with Crippen LogP contribution in [0.1, 0.15) is 56.2 Å². The van der Waals surface area contributed by atoms with E-state index in [2.05, 4.69) is 12.2 Å². The Balaban J connectivity index is 2.17. The van der Waals surface area contributed by atoms with Gasteiger partial charge in [0.05, 0.1) is 0 Å². The largest absolute Gasteiger partial charge is 0.310 e. The molecule has 1 unspecified atom stereocenters. The number of halogens is 2. The first-order chi connectivity index (χ1) is 9.11. The maximum absolute atomic E-state index is 14.1. The average molecular weight is 267 g/mol. The molecule has 1 aliphatic rings. The Morgan fingerprint density at radius 2 is 2.00 bits per heavy atom. The van der Waals surface area contributed by atoms with E-state index in [0.29, 0.717) is 17.0 Å². The molecule has 0 radical (unpaired) electrons. The van der Waals surface area contributed by atoms with Crippen molar-refractivity contribution in [1.29, 1.82) is 0 Å². The number of rotatable bonds is 6. The van der Waals surface area contributed by atoms with Crippen LogP contribution in [0.25, 0.3) is 0 Å². The van der Waals surface area contributed by atoms with Crippen molar-refractivity contribution in [2.75, 3.05) is 6.54 Å². The van der Waals surface area contributed by atoms with Gasteiger partial charge in [0.25, 0.3) is 0 Å². The quantitative estimate of drug-likeness (QED) is 0.800. The fraction of sp³-hybridized carbons (Fsp3) is 0.625. The normalized spacial score (nSPS) is 17.3. The third-order valence-electron chi connectivity index (χ3n) is 4.09. The molecular formula is C16H23F2N. The smallest absolute Gasteiger partial charge is 0.128 e. The van der Waals surface area contributed by atoms with E-state index >= 15 is 0 Å². The van der Waals surface area contributed by atoms with Gasteiger partial charge in [-0.2, -0.15) is 0 Å². The molecule has 2 rings (SSSR count). The van der Waals surface area contributed by atoms with Crippen molar-refractivity contribution >= 4 is 0 Å². The lowest BCUT2D eigenvalue weighted by Gasteiger charge is -2.30. The third kappa shape index (κ3) is 3.53. The minimum absolute atomic E-state index is 0.0552. The maximum Gasteiger partial charge on any atom is 0.128 e. The Hall–Kier alpha value is -0.960. The highest BCUT2D eigenvalue weighted by Crippen LogP contribution is 2.35. The zero-order valence-electron chi connectivity index (χ0n) is 11.8. The van der Waals surface area contributed by atoms with Gasteiger partial charge in [-0.25, -0.2) is 8.78 Å². The van der Waals surface area contributed by atoms with E-state index in [-0.39, 0.29) is 17.7 Å². The van der Waals surface area contributed by atoms with Crippen LogP contribution in [0.2, 0.25) is 0 Å². The predicted molar refractivity (Wildman–Crippen MR) is 74.1 cm³/mol. The van der Waals surface area contributed by atoms with E-state index in [1.54, 1.807) is 6.92 Å². The molecule has 1 fully saturated rings. The summed E-state index contributed by atoms with van der Waals surface area (Å²) in [5, 5.41) is 3.37. The fourth-order valence-corrected chi connectivity index (χ4v) is 2.63. The van der Waals surface area contributed by atoms with E-state index in [1.807, 2.05) is 0 Å². The van der Waals surface area contributed by atoms with Gasteiger partial charge in [-0.15, -0.1) is 0 Å². The summed E-state index contributed by atoms with van der Waals surface area (Å²) in [7, 11) is 0. The van der Waals surface area contributed by atoms with Crippen molar-refractivity contribution in [2.45, 2.75) is 52.0 Å².